The summed E-state index contributed by atoms with van der Waals surface area (Å²) >= 11 is 0. The second-order valence-electron chi connectivity index (χ2n) is 5.01. The molecule has 0 saturated carbocycles. The predicted molar refractivity (Wildman–Crippen MR) is 79.7 cm³/mol. The molecule has 21 heavy (non-hydrogen) atoms. The number of aromatic carboxylic acids is 1. The summed E-state index contributed by atoms with van der Waals surface area (Å²) in [5.41, 5.74) is 4.11. The number of hydrogen-bond donors (Lipinski definition) is 1. The van der Waals surface area contributed by atoms with Crippen LogP contribution in [0.4, 0.5) is 0 Å². The van der Waals surface area contributed by atoms with E-state index in [9.17, 15) is 9.90 Å². The lowest BCUT2D eigenvalue weighted by atomic mass is 10.1. The van der Waals surface area contributed by atoms with Crippen LogP contribution in [0.5, 0.6) is 0 Å². The van der Waals surface area contributed by atoms with Gasteiger partial charge in [0.2, 0.25) is 0 Å². The molecule has 0 spiro atoms. The third-order valence-corrected chi connectivity index (χ3v) is 3.62. The monoisotopic (exact) mass is 277 g/mol. The number of nitrogens with zero attached hydrogens (tertiary/aromatic N) is 3. The largest absolute Gasteiger partial charge is 0.478 e. The Morgan fingerprint density at radius 1 is 1.19 bits per heavy atom. The molecule has 0 fully saturated rings. The van der Waals surface area contributed by atoms with Crippen LogP contribution in [0.3, 0.4) is 0 Å². The van der Waals surface area contributed by atoms with Crippen LogP contribution in [-0.4, -0.2) is 25.4 Å². The van der Waals surface area contributed by atoms with E-state index in [-0.39, 0.29) is 5.56 Å². The molecule has 102 valence electrons. The number of hydrogen-bond acceptors (Lipinski definition) is 3. The molecular weight excluding hydrogens is 266 g/mol. The molecule has 5 heteroatoms. The summed E-state index contributed by atoms with van der Waals surface area (Å²) in [6, 6.07) is 11.2. The summed E-state index contributed by atoms with van der Waals surface area (Å²) in [6.45, 7) is 1.91. The standard InChI is InChI=1S/C16H11N3O2/c1-9-6-14-10(8-17-9)7-11(16(20)21)15-18-12-4-2-3-5-13(12)19(14)15/h2-8H,1H3,(H,20,21). The second-order valence-corrected chi connectivity index (χ2v) is 5.01. The number of rotatable bonds is 1. The summed E-state index contributed by atoms with van der Waals surface area (Å²) in [7, 11) is 0. The van der Waals surface area contributed by atoms with E-state index in [1.807, 2.05) is 41.7 Å². The van der Waals surface area contributed by atoms with Crippen molar-refractivity contribution >= 4 is 33.6 Å². The minimum absolute atomic E-state index is 0.185. The third kappa shape index (κ3) is 1.61. The quantitative estimate of drug-likeness (QED) is 0.580. The first-order valence-electron chi connectivity index (χ1n) is 6.55. The molecule has 0 saturated heterocycles. The summed E-state index contributed by atoms with van der Waals surface area (Å²) < 4.78 is 1.89. The van der Waals surface area contributed by atoms with Crippen LogP contribution in [0, 0.1) is 6.92 Å². The first-order valence-corrected chi connectivity index (χ1v) is 6.55. The molecule has 4 rings (SSSR count). The topological polar surface area (TPSA) is 67.5 Å². The molecule has 1 aromatic carbocycles. The van der Waals surface area contributed by atoms with E-state index in [0.29, 0.717) is 5.65 Å². The molecule has 0 aliphatic rings. The lowest BCUT2D eigenvalue weighted by molar-refractivity contribution is 0.0698. The van der Waals surface area contributed by atoms with Gasteiger partial charge >= 0.3 is 5.97 Å². The van der Waals surface area contributed by atoms with E-state index < -0.39 is 5.97 Å². The molecule has 0 radical (unpaired) electrons. The fourth-order valence-corrected chi connectivity index (χ4v) is 2.69. The van der Waals surface area contributed by atoms with Crippen molar-refractivity contribution < 1.29 is 9.90 Å². The van der Waals surface area contributed by atoms with Gasteiger partial charge in [-0.1, -0.05) is 12.1 Å². The molecule has 3 aromatic heterocycles. The number of fused-ring (bicyclic) bond motifs is 5. The molecule has 0 aliphatic heterocycles. The van der Waals surface area contributed by atoms with Crippen molar-refractivity contribution in [3.05, 3.63) is 53.9 Å². The van der Waals surface area contributed by atoms with Crippen LogP contribution in [0.15, 0.2) is 42.6 Å². The molecule has 0 bridgehead atoms. The number of benzene rings is 1. The Morgan fingerprint density at radius 2 is 2.00 bits per heavy atom. The maximum Gasteiger partial charge on any atom is 0.339 e. The van der Waals surface area contributed by atoms with E-state index in [4.69, 9.17) is 0 Å². The van der Waals surface area contributed by atoms with E-state index >= 15 is 0 Å². The van der Waals surface area contributed by atoms with Gasteiger partial charge in [-0.25, -0.2) is 9.78 Å². The molecule has 0 aliphatic carbocycles. The summed E-state index contributed by atoms with van der Waals surface area (Å²) in [5, 5.41) is 10.2. The lowest BCUT2D eigenvalue weighted by Crippen LogP contribution is -2.02. The number of carboxylic acid groups (broad SMARTS) is 1. The van der Waals surface area contributed by atoms with Gasteiger partial charge in [-0.3, -0.25) is 9.38 Å². The summed E-state index contributed by atoms with van der Waals surface area (Å²) in [5.74, 6) is -0.988. The molecule has 0 unspecified atom stereocenters. The van der Waals surface area contributed by atoms with Crippen molar-refractivity contribution in [3.8, 4) is 0 Å². The van der Waals surface area contributed by atoms with Crippen LogP contribution in [-0.2, 0) is 0 Å². The van der Waals surface area contributed by atoms with Crippen molar-refractivity contribution in [1.82, 2.24) is 14.4 Å². The van der Waals surface area contributed by atoms with Crippen LogP contribution in [0.2, 0.25) is 0 Å². The van der Waals surface area contributed by atoms with E-state index in [0.717, 1.165) is 27.6 Å². The highest BCUT2D eigenvalue weighted by Crippen LogP contribution is 2.26. The first kappa shape index (κ1) is 11.8. The lowest BCUT2D eigenvalue weighted by Gasteiger charge is -2.06. The molecule has 0 amide bonds. The minimum atomic E-state index is -0.988. The van der Waals surface area contributed by atoms with Gasteiger partial charge in [-0.2, -0.15) is 0 Å². The zero-order valence-corrected chi connectivity index (χ0v) is 11.2. The zero-order chi connectivity index (χ0) is 14.6. The number of carboxylic acids is 1. The minimum Gasteiger partial charge on any atom is -0.478 e. The van der Waals surface area contributed by atoms with Crippen LogP contribution in [0.25, 0.3) is 27.6 Å². The fourth-order valence-electron chi connectivity index (χ4n) is 2.69. The van der Waals surface area contributed by atoms with Gasteiger partial charge in [-0.05, 0) is 31.2 Å². The number of imidazole rings is 1. The Balaban J connectivity index is 2.36. The first-order chi connectivity index (χ1) is 10.1. The predicted octanol–water partition coefficient (Wildman–Crippen LogP) is 3.04. The molecule has 5 nitrogen and oxygen atoms in total. The Bertz CT molecular complexity index is 1030. The van der Waals surface area contributed by atoms with Gasteiger partial charge in [-0.15, -0.1) is 0 Å². The van der Waals surface area contributed by atoms with Crippen molar-refractivity contribution in [2.24, 2.45) is 0 Å². The summed E-state index contributed by atoms with van der Waals surface area (Å²) in [4.78, 5) is 20.3. The number of para-hydroxylation sites is 2. The number of carbonyl (C=O) groups is 1. The average molecular weight is 277 g/mol. The van der Waals surface area contributed by atoms with Gasteiger partial charge in [0.25, 0.3) is 0 Å². The SMILES string of the molecule is Cc1cc2c(cn1)cc(C(=O)O)c1nc3ccccc3n12. The van der Waals surface area contributed by atoms with Crippen molar-refractivity contribution in [1.29, 1.82) is 0 Å². The van der Waals surface area contributed by atoms with Crippen molar-refractivity contribution in [2.45, 2.75) is 6.92 Å². The smallest absolute Gasteiger partial charge is 0.339 e. The van der Waals surface area contributed by atoms with Gasteiger partial charge in [0, 0.05) is 17.3 Å². The third-order valence-electron chi connectivity index (χ3n) is 3.62. The van der Waals surface area contributed by atoms with Crippen LogP contribution in [0.1, 0.15) is 16.1 Å². The van der Waals surface area contributed by atoms with Crippen molar-refractivity contribution in [3.63, 3.8) is 0 Å². The van der Waals surface area contributed by atoms with Crippen molar-refractivity contribution in [2.75, 3.05) is 0 Å². The average Bonchev–Trinajstić information content (AvgIpc) is 2.85. The highest BCUT2D eigenvalue weighted by Gasteiger charge is 2.16. The van der Waals surface area contributed by atoms with Gasteiger partial charge in [0.1, 0.15) is 5.56 Å². The highest BCUT2D eigenvalue weighted by atomic mass is 16.4. The van der Waals surface area contributed by atoms with Crippen LogP contribution >= 0.6 is 0 Å². The van der Waals surface area contributed by atoms with Crippen LogP contribution < -0.4 is 0 Å². The second kappa shape index (κ2) is 4.02. The van der Waals surface area contributed by atoms with E-state index in [1.54, 1.807) is 12.3 Å². The Labute approximate surface area is 119 Å². The molecule has 1 N–H and O–H groups in total. The summed E-state index contributed by atoms with van der Waals surface area (Å²) in [6.07, 6.45) is 1.70. The van der Waals surface area contributed by atoms with Gasteiger partial charge < -0.3 is 5.11 Å². The van der Waals surface area contributed by atoms with E-state index in [1.165, 1.54) is 0 Å². The Morgan fingerprint density at radius 3 is 2.81 bits per heavy atom. The number of aryl methyl sites for hydroxylation is 1. The fraction of sp³-hybridized carbons (Fsp3) is 0.0625. The van der Waals surface area contributed by atoms with E-state index in [2.05, 4.69) is 9.97 Å². The maximum absolute atomic E-state index is 11.5. The van der Waals surface area contributed by atoms with Gasteiger partial charge in [0.15, 0.2) is 5.65 Å². The number of pyridine rings is 2. The Kier molecular flexibility index (Phi) is 2.27. The molecular formula is C16H11N3O2. The van der Waals surface area contributed by atoms with Gasteiger partial charge in [0.05, 0.1) is 16.6 Å². The highest BCUT2D eigenvalue weighted by molar-refractivity contribution is 6.02. The normalized spacial score (nSPS) is 11.5. The molecule has 0 atom stereocenters. The zero-order valence-electron chi connectivity index (χ0n) is 11.2. The molecule has 3 heterocycles. The Hall–Kier alpha value is -2.95. The number of aromatic nitrogens is 3. The molecule has 4 aromatic rings. The maximum atomic E-state index is 11.5.